The van der Waals surface area contributed by atoms with E-state index in [0.29, 0.717) is 12.8 Å². The third-order valence-electron chi connectivity index (χ3n) is 2.25. The summed E-state index contributed by atoms with van der Waals surface area (Å²) in [4.78, 5) is 10.6. The van der Waals surface area contributed by atoms with Gasteiger partial charge < -0.3 is 16.6 Å². The Hall–Kier alpha value is -0.610. The third-order valence-corrected chi connectivity index (χ3v) is 2.25. The Kier molecular flexibility index (Phi) is 2.15. The lowest BCUT2D eigenvalue weighted by Gasteiger charge is -2.32. The fraction of sp³-hybridized carbons (Fsp3) is 0.857. The Morgan fingerprint density at radius 3 is 2.64 bits per heavy atom. The standard InChI is InChI=1S/C7H14N2O2/c8-5-2-1-3-7(9,4-5)6(10)11/h5H,1-4,8-9H2,(H,10,11)/t5-,7+/m1/s1. The zero-order chi connectivity index (χ0) is 8.48. The number of carbonyl (C=O) groups is 1. The van der Waals surface area contributed by atoms with E-state index in [1.54, 1.807) is 0 Å². The van der Waals surface area contributed by atoms with Crippen molar-refractivity contribution in [1.82, 2.24) is 0 Å². The molecule has 0 aromatic heterocycles. The van der Waals surface area contributed by atoms with Crippen molar-refractivity contribution in [3.05, 3.63) is 0 Å². The third kappa shape index (κ3) is 1.70. The average Bonchev–Trinajstić information content (AvgIpc) is 1.86. The molecule has 0 spiro atoms. The van der Waals surface area contributed by atoms with Crippen LogP contribution in [0, 0.1) is 0 Å². The normalized spacial score (nSPS) is 38.5. The molecule has 11 heavy (non-hydrogen) atoms. The second-order valence-corrected chi connectivity index (χ2v) is 3.32. The van der Waals surface area contributed by atoms with E-state index in [9.17, 15) is 4.79 Å². The van der Waals surface area contributed by atoms with Crippen molar-refractivity contribution in [3.8, 4) is 0 Å². The summed E-state index contributed by atoms with van der Waals surface area (Å²) in [5.41, 5.74) is 10.2. The molecule has 1 aliphatic rings. The maximum atomic E-state index is 10.6. The first kappa shape index (κ1) is 8.49. The van der Waals surface area contributed by atoms with Gasteiger partial charge in [0, 0.05) is 6.04 Å². The van der Waals surface area contributed by atoms with E-state index in [0.717, 1.165) is 12.8 Å². The number of carboxylic acids is 1. The monoisotopic (exact) mass is 158 g/mol. The number of carboxylic acid groups (broad SMARTS) is 1. The van der Waals surface area contributed by atoms with E-state index in [4.69, 9.17) is 16.6 Å². The zero-order valence-electron chi connectivity index (χ0n) is 6.42. The number of nitrogens with two attached hydrogens (primary N) is 2. The quantitative estimate of drug-likeness (QED) is 0.487. The molecule has 1 fully saturated rings. The van der Waals surface area contributed by atoms with Crippen molar-refractivity contribution in [2.75, 3.05) is 0 Å². The molecule has 1 saturated carbocycles. The Labute approximate surface area is 65.6 Å². The van der Waals surface area contributed by atoms with Crippen LogP contribution in [0.4, 0.5) is 0 Å². The van der Waals surface area contributed by atoms with Crippen molar-refractivity contribution >= 4 is 5.97 Å². The van der Waals surface area contributed by atoms with E-state index < -0.39 is 11.5 Å². The van der Waals surface area contributed by atoms with Crippen molar-refractivity contribution in [1.29, 1.82) is 0 Å². The molecule has 0 unspecified atom stereocenters. The average molecular weight is 158 g/mol. The summed E-state index contributed by atoms with van der Waals surface area (Å²) < 4.78 is 0. The number of hydrogen-bond donors (Lipinski definition) is 3. The summed E-state index contributed by atoms with van der Waals surface area (Å²) in [6, 6.07) is -0.0372. The highest BCUT2D eigenvalue weighted by Crippen LogP contribution is 2.25. The Bertz CT molecular complexity index is 172. The summed E-state index contributed by atoms with van der Waals surface area (Å²) in [5, 5.41) is 8.73. The highest BCUT2D eigenvalue weighted by Gasteiger charge is 2.37. The highest BCUT2D eigenvalue weighted by molar-refractivity contribution is 5.78. The lowest BCUT2D eigenvalue weighted by molar-refractivity contribution is -0.144. The first-order valence-electron chi connectivity index (χ1n) is 3.82. The van der Waals surface area contributed by atoms with Gasteiger partial charge in [0.05, 0.1) is 0 Å². The zero-order valence-corrected chi connectivity index (χ0v) is 6.42. The molecule has 0 heterocycles. The van der Waals surface area contributed by atoms with Gasteiger partial charge >= 0.3 is 5.97 Å². The van der Waals surface area contributed by atoms with Crippen LogP contribution in [0.3, 0.4) is 0 Å². The van der Waals surface area contributed by atoms with Gasteiger partial charge in [-0.3, -0.25) is 4.79 Å². The molecule has 5 N–H and O–H groups in total. The molecule has 1 rings (SSSR count). The molecule has 4 heteroatoms. The lowest BCUT2D eigenvalue weighted by Crippen LogP contribution is -2.54. The minimum Gasteiger partial charge on any atom is -0.480 e. The maximum Gasteiger partial charge on any atom is 0.323 e. The van der Waals surface area contributed by atoms with Gasteiger partial charge in [0.25, 0.3) is 0 Å². The molecular weight excluding hydrogens is 144 g/mol. The molecule has 0 aromatic carbocycles. The van der Waals surface area contributed by atoms with E-state index in [2.05, 4.69) is 0 Å². The molecule has 0 aliphatic heterocycles. The predicted molar refractivity (Wildman–Crippen MR) is 41.0 cm³/mol. The molecule has 0 bridgehead atoms. The summed E-state index contributed by atoms with van der Waals surface area (Å²) in [6.45, 7) is 0. The van der Waals surface area contributed by atoms with Crippen molar-refractivity contribution in [2.45, 2.75) is 37.3 Å². The van der Waals surface area contributed by atoms with Crippen molar-refractivity contribution in [2.24, 2.45) is 11.5 Å². The molecule has 0 radical (unpaired) electrons. The summed E-state index contributed by atoms with van der Waals surface area (Å²) in [7, 11) is 0. The van der Waals surface area contributed by atoms with Crippen LogP contribution in [-0.4, -0.2) is 22.7 Å². The summed E-state index contributed by atoms with van der Waals surface area (Å²) >= 11 is 0. The largest absolute Gasteiger partial charge is 0.480 e. The van der Waals surface area contributed by atoms with Crippen LogP contribution >= 0.6 is 0 Å². The van der Waals surface area contributed by atoms with Crippen LogP contribution in [-0.2, 0) is 4.79 Å². The van der Waals surface area contributed by atoms with Gasteiger partial charge in [0.1, 0.15) is 5.54 Å². The minimum atomic E-state index is -1.06. The lowest BCUT2D eigenvalue weighted by atomic mass is 9.80. The van der Waals surface area contributed by atoms with Gasteiger partial charge in [-0.15, -0.1) is 0 Å². The molecular formula is C7H14N2O2. The molecule has 1 aliphatic carbocycles. The molecule has 0 saturated heterocycles. The van der Waals surface area contributed by atoms with Crippen molar-refractivity contribution < 1.29 is 9.90 Å². The molecule has 0 aromatic rings. The fourth-order valence-corrected chi connectivity index (χ4v) is 1.55. The molecule has 64 valence electrons. The fourth-order valence-electron chi connectivity index (χ4n) is 1.55. The van der Waals surface area contributed by atoms with Crippen LogP contribution in [0.5, 0.6) is 0 Å². The van der Waals surface area contributed by atoms with Crippen LogP contribution in [0.15, 0.2) is 0 Å². The first-order chi connectivity index (χ1) is 5.04. The number of aliphatic carboxylic acids is 1. The highest BCUT2D eigenvalue weighted by atomic mass is 16.4. The van der Waals surface area contributed by atoms with Gasteiger partial charge in [-0.1, -0.05) is 0 Å². The second-order valence-electron chi connectivity index (χ2n) is 3.32. The summed E-state index contributed by atoms with van der Waals surface area (Å²) in [5.74, 6) is -0.923. The van der Waals surface area contributed by atoms with Gasteiger partial charge in [-0.25, -0.2) is 0 Å². The van der Waals surface area contributed by atoms with Gasteiger partial charge in [0.2, 0.25) is 0 Å². The number of hydrogen-bond acceptors (Lipinski definition) is 3. The summed E-state index contributed by atoms with van der Waals surface area (Å²) in [6.07, 6.45) is 2.68. The van der Waals surface area contributed by atoms with E-state index in [1.807, 2.05) is 0 Å². The van der Waals surface area contributed by atoms with Crippen molar-refractivity contribution in [3.63, 3.8) is 0 Å². The van der Waals surface area contributed by atoms with Gasteiger partial charge in [-0.2, -0.15) is 0 Å². The van der Waals surface area contributed by atoms with Gasteiger partial charge in [-0.05, 0) is 25.7 Å². The van der Waals surface area contributed by atoms with Crippen LogP contribution in [0.2, 0.25) is 0 Å². The van der Waals surface area contributed by atoms with Crippen LogP contribution < -0.4 is 11.5 Å². The van der Waals surface area contributed by atoms with E-state index in [1.165, 1.54) is 0 Å². The van der Waals surface area contributed by atoms with E-state index >= 15 is 0 Å². The van der Waals surface area contributed by atoms with Gasteiger partial charge in [0.15, 0.2) is 0 Å². The smallest absolute Gasteiger partial charge is 0.323 e. The maximum absolute atomic E-state index is 10.6. The topological polar surface area (TPSA) is 89.3 Å². The Morgan fingerprint density at radius 1 is 1.64 bits per heavy atom. The second kappa shape index (κ2) is 2.79. The molecule has 2 atom stereocenters. The van der Waals surface area contributed by atoms with Crippen LogP contribution in [0.25, 0.3) is 0 Å². The first-order valence-corrected chi connectivity index (χ1v) is 3.82. The molecule has 4 nitrogen and oxygen atoms in total. The van der Waals surface area contributed by atoms with Crippen LogP contribution in [0.1, 0.15) is 25.7 Å². The number of rotatable bonds is 1. The minimum absolute atomic E-state index is 0.0372. The molecule has 0 amide bonds. The Balaban J connectivity index is 2.63. The predicted octanol–water partition coefficient (Wildman–Crippen LogP) is -0.330. The Morgan fingerprint density at radius 2 is 2.27 bits per heavy atom. The van der Waals surface area contributed by atoms with E-state index in [-0.39, 0.29) is 6.04 Å². The SMILES string of the molecule is N[C@@H]1CCC[C@@](N)(C(=O)O)C1.